The second-order valence-corrected chi connectivity index (χ2v) is 7.16. The van der Waals surface area contributed by atoms with Gasteiger partial charge in [0.15, 0.2) is 11.6 Å². The zero-order chi connectivity index (χ0) is 18.6. The second-order valence-electron chi connectivity index (χ2n) is 7.16. The Morgan fingerprint density at radius 1 is 1.19 bits per heavy atom. The molecule has 0 unspecified atom stereocenters. The van der Waals surface area contributed by atoms with E-state index in [1.807, 2.05) is 18.3 Å². The van der Waals surface area contributed by atoms with Gasteiger partial charge in [-0.15, -0.1) is 5.10 Å². The van der Waals surface area contributed by atoms with Crippen molar-refractivity contribution in [3.63, 3.8) is 0 Å². The number of hydrogen-bond donors (Lipinski definition) is 2. The van der Waals surface area contributed by atoms with Crippen molar-refractivity contribution in [1.82, 2.24) is 24.8 Å². The summed E-state index contributed by atoms with van der Waals surface area (Å²) in [4.78, 5) is 6.69. The number of aromatic amines is 1. The molecule has 2 N–H and O–H groups in total. The standard InChI is InChI=1S/C17H18F3N7/c18-17(19,20)16(5-6-16)12-10-13(24-23-12)21-14-11-4-3-9-27(11)25-15(22-14)26-7-1-2-8-26/h3-4,9-10H,1-2,5-8H2,(H2,21,22,23,24,25). The third-order valence-corrected chi connectivity index (χ3v) is 5.40. The fourth-order valence-corrected chi connectivity index (χ4v) is 3.65. The van der Waals surface area contributed by atoms with Crippen molar-refractivity contribution >= 4 is 23.1 Å². The van der Waals surface area contributed by atoms with Gasteiger partial charge in [0.05, 0.1) is 5.69 Å². The highest BCUT2D eigenvalue weighted by molar-refractivity contribution is 5.73. The van der Waals surface area contributed by atoms with Gasteiger partial charge in [-0.3, -0.25) is 5.10 Å². The summed E-state index contributed by atoms with van der Waals surface area (Å²) in [6, 6.07) is 5.13. The van der Waals surface area contributed by atoms with Crippen LogP contribution < -0.4 is 10.2 Å². The smallest absolute Gasteiger partial charge is 0.340 e. The zero-order valence-electron chi connectivity index (χ0n) is 14.4. The van der Waals surface area contributed by atoms with Crippen LogP contribution in [0.25, 0.3) is 5.52 Å². The molecule has 0 aromatic carbocycles. The first-order valence-electron chi connectivity index (χ1n) is 8.96. The minimum Gasteiger partial charge on any atom is -0.340 e. The van der Waals surface area contributed by atoms with Gasteiger partial charge in [0.2, 0.25) is 5.95 Å². The topological polar surface area (TPSA) is 74.1 Å². The molecule has 1 aliphatic carbocycles. The van der Waals surface area contributed by atoms with Crippen LogP contribution in [0.2, 0.25) is 0 Å². The lowest BCUT2D eigenvalue weighted by atomic mass is 10.0. The molecule has 0 radical (unpaired) electrons. The molecule has 10 heteroatoms. The van der Waals surface area contributed by atoms with Crippen molar-refractivity contribution in [2.24, 2.45) is 0 Å². The van der Waals surface area contributed by atoms with Gasteiger partial charge in [0, 0.05) is 25.4 Å². The quantitative estimate of drug-likeness (QED) is 0.729. The predicted molar refractivity (Wildman–Crippen MR) is 93.3 cm³/mol. The highest BCUT2D eigenvalue weighted by Gasteiger charge is 2.65. The summed E-state index contributed by atoms with van der Waals surface area (Å²) in [6.45, 7) is 1.79. The lowest BCUT2D eigenvalue weighted by Gasteiger charge is -2.17. The molecular formula is C17H18F3N7. The summed E-state index contributed by atoms with van der Waals surface area (Å²) in [5.74, 6) is 1.44. The molecular weight excluding hydrogens is 359 g/mol. The lowest BCUT2D eigenvalue weighted by molar-refractivity contribution is -0.161. The molecule has 27 heavy (non-hydrogen) atoms. The van der Waals surface area contributed by atoms with Crippen molar-refractivity contribution in [1.29, 1.82) is 0 Å². The first-order chi connectivity index (χ1) is 13.0. The third kappa shape index (κ3) is 2.62. The van der Waals surface area contributed by atoms with Crippen LogP contribution in [-0.2, 0) is 5.41 Å². The Morgan fingerprint density at radius 2 is 1.96 bits per heavy atom. The number of alkyl halides is 3. The van der Waals surface area contributed by atoms with E-state index in [0.29, 0.717) is 17.6 Å². The van der Waals surface area contributed by atoms with Crippen LogP contribution in [0.5, 0.6) is 0 Å². The minimum atomic E-state index is -4.27. The molecule has 1 aliphatic heterocycles. The maximum atomic E-state index is 13.3. The number of nitrogens with one attached hydrogen (secondary N) is 2. The first-order valence-corrected chi connectivity index (χ1v) is 8.96. The van der Waals surface area contributed by atoms with E-state index in [1.54, 1.807) is 4.52 Å². The van der Waals surface area contributed by atoms with Crippen molar-refractivity contribution in [2.45, 2.75) is 37.3 Å². The number of nitrogens with zero attached hydrogens (tertiary/aromatic N) is 5. The molecule has 142 valence electrons. The highest BCUT2D eigenvalue weighted by atomic mass is 19.4. The Bertz CT molecular complexity index is 980. The number of anilines is 3. The monoisotopic (exact) mass is 377 g/mol. The zero-order valence-corrected chi connectivity index (χ0v) is 14.4. The maximum Gasteiger partial charge on any atom is 0.399 e. The van der Waals surface area contributed by atoms with E-state index in [4.69, 9.17) is 0 Å². The number of H-pyrrole nitrogens is 1. The van der Waals surface area contributed by atoms with E-state index in [-0.39, 0.29) is 18.5 Å². The molecule has 0 bridgehead atoms. The summed E-state index contributed by atoms with van der Waals surface area (Å²) < 4.78 is 41.7. The summed E-state index contributed by atoms with van der Waals surface area (Å²) in [5.41, 5.74) is -0.950. The van der Waals surface area contributed by atoms with Crippen LogP contribution in [0.3, 0.4) is 0 Å². The van der Waals surface area contributed by atoms with E-state index >= 15 is 0 Å². The van der Waals surface area contributed by atoms with Crippen molar-refractivity contribution in [3.05, 3.63) is 30.1 Å². The van der Waals surface area contributed by atoms with Gasteiger partial charge in [-0.2, -0.15) is 23.3 Å². The number of fused-ring (bicyclic) bond motifs is 1. The normalized spacial score (nSPS) is 19.0. The van der Waals surface area contributed by atoms with Gasteiger partial charge in [-0.1, -0.05) is 0 Å². The van der Waals surface area contributed by atoms with Crippen molar-refractivity contribution in [3.8, 4) is 0 Å². The van der Waals surface area contributed by atoms with E-state index in [9.17, 15) is 13.2 Å². The number of halogens is 3. The molecule has 2 fully saturated rings. The SMILES string of the molecule is FC(F)(F)C1(c2cc(Nc3nc(N4CCCC4)nn4cccc34)n[nH]2)CC1. The van der Waals surface area contributed by atoms with Crippen LogP contribution in [0, 0.1) is 0 Å². The predicted octanol–water partition coefficient (Wildman–Crippen LogP) is 3.39. The lowest BCUT2D eigenvalue weighted by Crippen LogP contribution is -2.28. The molecule has 1 saturated heterocycles. The molecule has 0 atom stereocenters. The van der Waals surface area contributed by atoms with Crippen LogP contribution in [-0.4, -0.2) is 44.1 Å². The van der Waals surface area contributed by atoms with Gasteiger partial charge in [-0.05, 0) is 37.8 Å². The van der Waals surface area contributed by atoms with E-state index in [2.05, 4.69) is 30.5 Å². The van der Waals surface area contributed by atoms with E-state index < -0.39 is 11.6 Å². The van der Waals surface area contributed by atoms with Crippen molar-refractivity contribution < 1.29 is 13.2 Å². The summed E-state index contributed by atoms with van der Waals surface area (Å²) in [5, 5.41) is 14.2. The molecule has 3 aromatic rings. The number of aromatic nitrogens is 5. The van der Waals surface area contributed by atoms with E-state index in [1.165, 1.54) is 6.07 Å². The van der Waals surface area contributed by atoms with Crippen LogP contribution in [0.1, 0.15) is 31.4 Å². The Kier molecular flexibility index (Phi) is 3.40. The van der Waals surface area contributed by atoms with Gasteiger partial charge in [-0.25, -0.2) is 4.52 Å². The Labute approximate surface area is 152 Å². The Morgan fingerprint density at radius 3 is 2.67 bits per heavy atom. The van der Waals surface area contributed by atoms with Gasteiger partial charge < -0.3 is 10.2 Å². The fourth-order valence-electron chi connectivity index (χ4n) is 3.65. The van der Waals surface area contributed by atoms with Gasteiger partial charge in [0.25, 0.3) is 0 Å². The summed E-state index contributed by atoms with van der Waals surface area (Å²) in [7, 11) is 0. The molecule has 0 spiro atoms. The molecule has 3 aromatic heterocycles. The molecule has 1 saturated carbocycles. The average molecular weight is 377 g/mol. The number of rotatable bonds is 4. The maximum absolute atomic E-state index is 13.3. The van der Waals surface area contributed by atoms with Crippen LogP contribution in [0.4, 0.5) is 30.8 Å². The van der Waals surface area contributed by atoms with Gasteiger partial charge in [0.1, 0.15) is 10.9 Å². The second kappa shape index (κ2) is 5.61. The highest BCUT2D eigenvalue weighted by Crippen LogP contribution is 2.58. The summed E-state index contributed by atoms with van der Waals surface area (Å²) in [6.07, 6.45) is -0.0818. The number of hydrogen-bond acceptors (Lipinski definition) is 5. The molecule has 5 rings (SSSR count). The minimum absolute atomic E-state index is 0.0910. The third-order valence-electron chi connectivity index (χ3n) is 5.40. The van der Waals surface area contributed by atoms with E-state index in [0.717, 1.165) is 31.4 Å². The van der Waals surface area contributed by atoms with Crippen LogP contribution in [0.15, 0.2) is 24.4 Å². The molecule has 0 amide bonds. The molecule has 4 heterocycles. The molecule has 2 aliphatic rings. The Balaban J connectivity index is 1.47. The Hall–Kier alpha value is -2.78. The fraction of sp³-hybridized carbons (Fsp3) is 0.471. The van der Waals surface area contributed by atoms with Gasteiger partial charge >= 0.3 is 6.18 Å². The average Bonchev–Trinajstić information content (AvgIpc) is 3.04. The van der Waals surface area contributed by atoms with Crippen molar-refractivity contribution in [2.75, 3.05) is 23.3 Å². The summed E-state index contributed by atoms with van der Waals surface area (Å²) >= 11 is 0. The first kappa shape index (κ1) is 16.4. The van der Waals surface area contributed by atoms with Crippen LogP contribution >= 0.6 is 0 Å². The largest absolute Gasteiger partial charge is 0.399 e. The molecule has 7 nitrogen and oxygen atoms in total.